The lowest BCUT2D eigenvalue weighted by atomic mass is 9.84. The highest BCUT2D eigenvalue weighted by Gasteiger charge is 2.42. The summed E-state index contributed by atoms with van der Waals surface area (Å²) in [6, 6.07) is 6.91. The van der Waals surface area contributed by atoms with Gasteiger partial charge in [-0.3, -0.25) is 29.2 Å². The summed E-state index contributed by atoms with van der Waals surface area (Å²) in [5.41, 5.74) is 9.28. The number of thiazole rings is 1. The van der Waals surface area contributed by atoms with Crippen LogP contribution in [0.3, 0.4) is 0 Å². The van der Waals surface area contributed by atoms with Gasteiger partial charge in [0.25, 0.3) is 5.91 Å². The third-order valence-electron chi connectivity index (χ3n) is 13.8. The first-order valence-electron chi connectivity index (χ1n) is 23.6. The maximum atomic E-state index is 14.7. The lowest BCUT2D eigenvalue weighted by molar-refractivity contribution is -0.155. The van der Waals surface area contributed by atoms with Gasteiger partial charge in [-0.2, -0.15) is 0 Å². The van der Waals surface area contributed by atoms with Gasteiger partial charge in [0.05, 0.1) is 46.9 Å². The molecule has 18 heteroatoms. The average molecular weight is 939 g/mol. The quantitative estimate of drug-likeness (QED) is 0.146. The number of likely N-dealkylation sites (tertiary alicyclic amines) is 1. The second-order valence-electron chi connectivity index (χ2n) is 19.7. The van der Waals surface area contributed by atoms with Crippen molar-refractivity contribution in [2.45, 2.75) is 117 Å². The van der Waals surface area contributed by atoms with Crippen molar-refractivity contribution in [1.29, 1.82) is 0 Å². The molecule has 3 saturated heterocycles. The minimum Gasteiger partial charge on any atom is -0.464 e. The van der Waals surface area contributed by atoms with E-state index in [4.69, 9.17) is 19.4 Å². The highest BCUT2D eigenvalue weighted by molar-refractivity contribution is 7.10. The van der Waals surface area contributed by atoms with Gasteiger partial charge >= 0.3 is 12.0 Å². The molecule has 0 aliphatic carbocycles. The van der Waals surface area contributed by atoms with Crippen molar-refractivity contribution in [2.24, 2.45) is 11.3 Å². The summed E-state index contributed by atoms with van der Waals surface area (Å²) in [5, 5.41) is 11.2. The van der Waals surface area contributed by atoms with Crippen molar-refractivity contribution in [3.63, 3.8) is 0 Å². The molecular weight excluding hydrogens is 873 g/mol. The summed E-state index contributed by atoms with van der Waals surface area (Å²) in [7, 11) is 5.00. The van der Waals surface area contributed by atoms with E-state index in [0.717, 1.165) is 44.7 Å². The number of aromatic nitrogens is 3. The summed E-state index contributed by atoms with van der Waals surface area (Å²) in [6.45, 7) is 14.9. The Morgan fingerprint density at radius 1 is 1.10 bits per heavy atom. The normalized spacial score (nSPS) is 22.8. The van der Waals surface area contributed by atoms with Gasteiger partial charge in [0.2, 0.25) is 11.8 Å². The number of methoxy groups -OCH3 is 1. The molecule has 17 nitrogen and oxygen atoms in total. The number of ether oxygens (including phenoxy) is 2. The first-order chi connectivity index (χ1) is 32.0. The van der Waals surface area contributed by atoms with Crippen LogP contribution in [0.15, 0.2) is 41.9 Å². The first kappa shape index (κ1) is 48.0. The van der Waals surface area contributed by atoms with E-state index >= 15 is 0 Å². The molecule has 1 aromatic carbocycles. The van der Waals surface area contributed by atoms with E-state index in [1.807, 2.05) is 32.2 Å². The fraction of sp³-hybridized carbons (Fsp3) is 0.571. The third kappa shape index (κ3) is 9.94. The van der Waals surface area contributed by atoms with Gasteiger partial charge in [-0.25, -0.2) is 15.2 Å². The monoisotopic (exact) mass is 938 g/mol. The highest BCUT2D eigenvalue weighted by Crippen LogP contribution is 2.42. The lowest BCUT2D eigenvalue weighted by Gasteiger charge is -2.37. The van der Waals surface area contributed by atoms with Gasteiger partial charge in [-0.05, 0) is 75.3 Å². The molecule has 0 unspecified atom stereocenters. The summed E-state index contributed by atoms with van der Waals surface area (Å²) >= 11 is 1.41. The molecule has 0 radical (unpaired) electrons. The van der Waals surface area contributed by atoms with Gasteiger partial charge in [-0.1, -0.05) is 33.8 Å². The number of fused-ring (bicyclic) bond motifs is 6. The predicted molar refractivity (Wildman–Crippen MR) is 256 cm³/mol. The van der Waals surface area contributed by atoms with Crippen LogP contribution in [0.2, 0.25) is 0 Å². The molecule has 5 amide bonds. The van der Waals surface area contributed by atoms with Crippen LogP contribution >= 0.6 is 11.3 Å². The zero-order valence-electron chi connectivity index (χ0n) is 40.3. The number of hydrazine groups is 1. The Hall–Kier alpha value is -5.43. The number of aryl methyl sites for hydroxylation is 1. The molecule has 4 aliphatic rings. The lowest BCUT2D eigenvalue weighted by Crippen LogP contribution is -2.62. The number of carbonyl (C=O) groups excluding carboxylic acids is 5. The molecule has 360 valence electrons. The average Bonchev–Trinajstić information content (AvgIpc) is 3.72. The second kappa shape index (κ2) is 19.7. The Morgan fingerprint density at radius 2 is 1.88 bits per heavy atom. The van der Waals surface area contributed by atoms with Gasteiger partial charge in [0, 0.05) is 99.4 Å². The molecule has 8 rings (SSSR count). The number of amides is 5. The van der Waals surface area contributed by atoms with Gasteiger partial charge < -0.3 is 39.4 Å². The summed E-state index contributed by atoms with van der Waals surface area (Å²) in [5.74, 6) is -1.64. The Balaban J connectivity index is 1.13. The van der Waals surface area contributed by atoms with Crippen molar-refractivity contribution in [3.8, 4) is 22.5 Å². The highest BCUT2D eigenvalue weighted by atomic mass is 32.1. The number of pyridine rings is 1. The Bertz CT molecular complexity index is 2520. The number of likely N-dealkylation sites (N-methyl/N-ethyl adjacent to an activating group) is 2. The molecule has 3 N–H and O–H groups in total. The number of esters is 1. The van der Waals surface area contributed by atoms with Crippen LogP contribution in [0.5, 0.6) is 0 Å². The van der Waals surface area contributed by atoms with Crippen LogP contribution in [-0.4, -0.2) is 148 Å². The van der Waals surface area contributed by atoms with E-state index in [0.29, 0.717) is 63.4 Å². The van der Waals surface area contributed by atoms with Crippen LogP contribution in [0.25, 0.3) is 33.4 Å². The van der Waals surface area contributed by atoms with Crippen LogP contribution in [-0.2, 0) is 48.0 Å². The number of carbonyl (C=O) groups is 5. The van der Waals surface area contributed by atoms with Crippen molar-refractivity contribution in [2.75, 3.05) is 54.0 Å². The topological polar surface area (TPSA) is 193 Å². The fourth-order valence-corrected chi connectivity index (χ4v) is 10.8. The molecule has 0 spiro atoms. The number of urea groups is 1. The molecule has 6 bridgehead atoms. The first-order valence-corrected chi connectivity index (χ1v) is 24.5. The number of rotatable bonds is 10. The number of benzene rings is 1. The Morgan fingerprint density at radius 3 is 2.60 bits per heavy atom. The van der Waals surface area contributed by atoms with E-state index in [1.54, 1.807) is 37.2 Å². The molecule has 67 heavy (non-hydrogen) atoms. The van der Waals surface area contributed by atoms with Crippen molar-refractivity contribution >= 4 is 52.0 Å². The maximum Gasteiger partial charge on any atom is 0.324 e. The van der Waals surface area contributed by atoms with E-state index < -0.39 is 41.3 Å². The predicted octanol–water partition coefficient (Wildman–Crippen LogP) is 4.78. The number of nitrogens with one attached hydrogen (secondary N) is 3. The Kier molecular flexibility index (Phi) is 14.1. The minimum atomic E-state index is -1.09. The zero-order valence-corrected chi connectivity index (χ0v) is 41.1. The van der Waals surface area contributed by atoms with Crippen molar-refractivity contribution in [1.82, 2.24) is 50.3 Å². The summed E-state index contributed by atoms with van der Waals surface area (Å²) < 4.78 is 14.2. The number of nitrogens with zero attached hydrogens (tertiary/aromatic N) is 7. The number of cyclic esters (lactones) is 1. The van der Waals surface area contributed by atoms with Gasteiger partial charge in [0.1, 0.15) is 18.1 Å². The smallest absolute Gasteiger partial charge is 0.324 e. The molecule has 3 fully saturated rings. The van der Waals surface area contributed by atoms with E-state index in [-0.39, 0.29) is 49.1 Å². The van der Waals surface area contributed by atoms with Gasteiger partial charge in [0.15, 0.2) is 0 Å². The van der Waals surface area contributed by atoms with Gasteiger partial charge in [-0.15, -0.1) is 11.3 Å². The molecular formula is C49H66N10O7S. The van der Waals surface area contributed by atoms with Crippen LogP contribution in [0.1, 0.15) is 83.2 Å². The molecule has 4 aliphatic heterocycles. The van der Waals surface area contributed by atoms with Crippen molar-refractivity contribution in [3.05, 3.63) is 58.2 Å². The minimum absolute atomic E-state index is 0.0489. The van der Waals surface area contributed by atoms with Crippen LogP contribution in [0, 0.1) is 11.3 Å². The molecule has 7 heterocycles. The van der Waals surface area contributed by atoms with Crippen molar-refractivity contribution < 1.29 is 33.4 Å². The Labute approximate surface area is 396 Å². The van der Waals surface area contributed by atoms with Crippen LogP contribution in [0.4, 0.5) is 4.79 Å². The molecule has 0 saturated carbocycles. The number of hydrogen-bond donors (Lipinski definition) is 3. The molecule has 3 aromatic heterocycles. The molecule has 6 atom stereocenters. The third-order valence-corrected chi connectivity index (χ3v) is 14.7. The zero-order chi connectivity index (χ0) is 47.9. The van der Waals surface area contributed by atoms with E-state index in [1.165, 1.54) is 21.2 Å². The summed E-state index contributed by atoms with van der Waals surface area (Å²) in [6.07, 6.45) is 3.83. The maximum absolute atomic E-state index is 14.7. The largest absolute Gasteiger partial charge is 0.464 e. The standard InChI is InChI=1S/C49H66N10O7S/c1-10-58-39-16-15-30-21-33(39)34(43(58)32-13-11-18-50-41(32)29(4)65-9)23-49(5,6)27-66-47(63)35-14-12-19-59(54-35)46(62)36(22-40-52-38(30)26-67-40)53-44(60)42(28(2)3)56(8)48(64)55(7)31-17-20-57(25-31)45(61)37-24-51-37/h11,13,15-16,18,21,26,28-29,31,35-37,42,51,54H,10,12,14,17,19-20,22-25,27H2,1-9H3,(H,53,60)/t29-,31-,35-,36-,37+,42-/m0/s1. The second-order valence-corrected chi connectivity index (χ2v) is 20.6. The SMILES string of the molecule is CCn1c(-c2cccnc2[C@H](C)OC)c2c3cc(ccc31)-c1csc(n1)C[C@H](NC(=O)[C@H](C(C)C)N(C)C(=O)N(C)[C@H]1CCN(C(=O)[C@H]3CN3)C1)C(=O)N1CCC[C@H](N1)C(=O)OCC(C)(C)C2. The summed E-state index contributed by atoms with van der Waals surface area (Å²) in [4.78, 5) is 84.7. The fourth-order valence-electron chi connectivity index (χ4n) is 9.98. The molecule has 4 aromatic rings. The van der Waals surface area contributed by atoms with E-state index in [2.05, 4.69) is 65.7 Å². The van der Waals surface area contributed by atoms with Crippen LogP contribution < -0.4 is 16.1 Å². The van der Waals surface area contributed by atoms with E-state index in [9.17, 15) is 24.0 Å². The number of hydrogen-bond acceptors (Lipinski definition) is 12.